The first-order valence-corrected chi connectivity index (χ1v) is 5.38. The average Bonchev–Trinajstić information content (AvgIpc) is 2.59. The minimum Gasteiger partial charge on any atom is -0.480 e. The fourth-order valence-corrected chi connectivity index (χ4v) is 1.87. The lowest BCUT2D eigenvalue weighted by Gasteiger charge is -2.26. The van der Waals surface area contributed by atoms with Crippen molar-refractivity contribution in [1.29, 1.82) is 0 Å². The maximum absolute atomic E-state index is 11.7. The Bertz CT molecular complexity index is 282. The van der Waals surface area contributed by atoms with Crippen LogP contribution in [0.2, 0.25) is 0 Å². The summed E-state index contributed by atoms with van der Waals surface area (Å²) in [6, 6.07) is -1.54. The van der Waals surface area contributed by atoms with Crippen LogP contribution in [0.25, 0.3) is 0 Å². The number of carbonyl (C=O) groups excluding carboxylic acids is 1. The van der Waals surface area contributed by atoms with E-state index < -0.39 is 18.0 Å². The Morgan fingerprint density at radius 2 is 2.19 bits per heavy atom. The predicted molar refractivity (Wildman–Crippen MR) is 57.0 cm³/mol. The lowest BCUT2D eigenvalue weighted by molar-refractivity contribution is -0.138. The topological polar surface area (TPSA) is 89.9 Å². The number of aliphatic hydroxyl groups excluding tert-OH is 1. The van der Waals surface area contributed by atoms with Crippen molar-refractivity contribution in [2.24, 2.45) is 5.92 Å². The highest BCUT2D eigenvalue weighted by Crippen LogP contribution is 2.23. The molecule has 0 saturated carbocycles. The summed E-state index contributed by atoms with van der Waals surface area (Å²) in [6.07, 6.45) is 0.833. The van der Waals surface area contributed by atoms with Gasteiger partial charge in [-0.05, 0) is 19.3 Å². The van der Waals surface area contributed by atoms with E-state index in [-0.39, 0.29) is 18.6 Å². The van der Waals surface area contributed by atoms with Crippen molar-refractivity contribution in [3.8, 4) is 0 Å². The van der Waals surface area contributed by atoms with Crippen LogP contribution >= 0.6 is 0 Å². The van der Waals surface area contributed by atoms with Gasteiger partial charge in [0.05, 0.1) is 12.6 Å². The summed E-state index contributed by atoms with van der Waals surface area (Å²) in [7, 11) is 0. The van der Waals surface area contributed by atoms with Gasteiger partial charge in [0.2, 0.25) is 0 Å². The Labute approximate surface area is 94.2 Å². The summed E-state index contributed by atoms with van der Waals surface area (Å²) in [4.78, 5) is 23.8. The molecule has 3 N–H and O–H groups in total. The summed E-state index contributed by atoms with van der Waals surface area (Å²) in [5.74, 6) is -0.822. The van der Waals surface area contributed by atoms with Crippen LogP contribution in [-0.2, 0) is 4.79 Å². The van der Waals surface area contributed by atoms with Crippen LogP contribution in [0.1, 0.15) is 20.3 Å². The Morgan fingerprint density at radius 3 is 2.69 bits per heavy atom. The van der Waals surface area contributed by atoms with Crippen molar-refractivity contribution in [3.63, 3.8) is 0 Å². The molecule has 0 spiro atoms. The zero-order valence-corrected chi connectivity index (χ0v) is 9.51. The molecule has 1 saturated heterocycles. The predicted octanol–water partition coefficient (Wildman–Crippen LogP) is -0.128. The van der Waals surface area contributed by atoms with Crippen molar-refractivity contribution in [1.82, 2.24) is 10.2 Å². The van der Waals surface area contributed by atoms with Crippen LogP contribution in [-0.4, -0.2) is 52.3 Å². The van der Waals surface area contributed by atoms with Crippen LogP contribution in [0.5, 0.6) is 0 Å². The third-order valence-electron chi connectivity index (χ3n) is 3.04. The molecule has 0 aromatic carbocycles. The number of hydrogen-bond donors (Lipinski definition) is 3. The largest absolute Gasteiger partial charge is 0.480 e. The Kier molecular flexibility index (Phi) is 4.12. The summed E-state index contributed by atoms with van der Waals surface area (Å²) in [5.41, 5.74) is 0. The molecule has 1 aliphatic rings. The Balaban J connectivity index is 2.57. The quantitative estimate of drug-likeness (QED) is 0.630. The number of aliphatic hydroxyl groups is 1. The van der Waals surface area contributed by atoms with Gasteiger partial charge < -0.3 is 20.4 Å². The molecule has 16 heavy (non-hydrogen) atoms. The molecule has 0 aromatic heterocycles. The minimum atomic E-state index is -1.07. The summed E-state index contributed by atoms with van der Waals surface area (Å²) >= 11 is 0. The van der Waals surface area contributed by atoms with Gasteiger partial charge in [-0.1, -0.05) is 6.92 Å². The van der Waals surface area contributed by atoms with E-state index in [2.05, 4.69) is 5.32 Å². The molecule has 1 rings (SSSR count). The van der Waals surface area contributed by atoms with Crippen LogP contribution in [0.4, 0.5) is 4.79 Å². The van der Waals surface area contributed by atoms with Gasteiger partial charge in [-0.15, -0.1) is 0 Å². The van der Waals surface area contributed by atoms with E-state index in [0.29, 0.717) is 6.54 Å². The highest BCUT2D eigenvalue weighted by Gasteiger charge is 2.34. The van der Waals surface area contributed by atoms with E-state index in [9.17, 15) is 9.59 Å². The van der Waals surface area contributed by atoms with Crippen LogP contribution in [0.15, 0.2) is 0 Å². The molecule has 0 aromatic rings. The molecule has 0 aliphatic carbocycles. The SMILES string of the molecule is CC1CCN(C(=O)N[C@H](C)C(=O)O)C1CO. The number of nitrogens with zero attached hydrogens (tertiary/aromatic N) is 1. The number of hydrogen-bond acceptors (Lipinski definition) is 3. The van der Waals surface area contributed by atoms with Gasteiger partial charge in [-0.3, -0.25) is 4.79 Å². The molecule has 2 unspecified atom stereocenters. The standard InChI is InChI=1S/C10H18N2O4/c1-6-3-4-12(8(6)5-13)10(16)11-7(2)9(14)15/h6-8,13H,3-5H2,1-2H3,(H,11,16)(H,14,15)/t6?,7-,8?/m1/s1. The number of rotatable bonds is 3. The lowest BCUT2D eigenvalue weighted by Crippen LogP contribution is -2.49. The first kappa shape index (κ1) is 12.8. The molecule has 3 atom stereocenters. The molecular formula is C10H18N2O4. The second-order valence-corrected chi connectivity index (χ2v) is 4.22. The van der Waals surface area contributed by atoms with E-state index >= 15 is 0 Å². The van der Waals surface area contributed by atoms with Gasteiger partial charge in [0, 0.05) is 6.54 Å². The number of nitrogens with one attached hydrogen (secondary N) is 1. The van der Waals surface area contributed by atoms with Gasteiger partial charge in [0.15, 0.2) is 0 Å². The zero-order valence-electron chi connectivity index (χ0n) is 9.51. The summed E-state index contributed by atoms with van der Waals surface area (Å²) in [6.45, 7) is 3.85. The molecule has 2 amide bonds. The molecule has 1 fully saturated rings. The van der Waals surface area contributed by atoms with Crippen molar-refractivity contribution in [2.75, 3.05) is 13.2 Å². The van der Waals surface area contributed by atoms with E-state index in [1.165, 1.54) is 11.8 Å². The highest BCUT2D eigenvalue weighted by molar-refractivity contribution is 5.82. The number of likely N-dealkylation sites (tertiary alicyclic amines) is 1. The Hall–Kier alpha value is -1.30. The van der Waals surface area contributed by atoms with Crippen molar-refractivity contribution >= 4 is 12.0 Å². The second-order valence-electron chi connectivity index (χ2n) is 4.22. The van der Waals surface area contributed by atoms with Crippen LogP contribution in [0.3, 0.4) is 0 Å². The van der Waals surface area contributed by atoms with Gasteiger partial charge >= 0.3 is 12.0 Å². The number of carboxylic acids is 1. The average molecular weight is 230 g/mol. The van der Waals surface area contributed by atoms with Crippen molar-refractivity contribution < 1.29 is 19.8 Å². The van der Waals surface area contributed by atoms with Crippen LogP contribution < -0.4 is 5.32 Å². The molecule has 0 radical (unpaired) electrons. The smallest absolute Gasteiger partial charge is 0.325 e. The number of carboxylic acid groups (broad SMARTS) is 1. The normalized spacial score (nSPS) is 26.6. The fourth-order valence-electron chi connectivity index (χ4n) is 1.87. The summed E-state index contributed by atoms with van der Waals surface area (Å²) in [5, 5.41) is 20.2. The molecule has 6 heteroatoms. The minimum absolute atomic E-state index is 0.0873. The molecule has 1 heterocycles. The monoisotopic (exact) mass is 230 g/mol. The second kappa shape index (κ2) is 5.16. The molecule has 1 aliphatic heterocycles. The van der Waals surface area contributed by atoms with Crippen molar-refractivity contribution in [2.45, 2.75) is 32.4 Å². The van der Waals surface area contributed by atoms with E-state index in [1.54, 1.807) is 0 Å². The van der Waals surface area contributed by atoms with Crippen LogP contribution in [0, 0.1) is 5.92 Å². The van der Waals surface area contributed by atoms with Crippen molar-refractivity contribution in [3.05, 3.63) is 0 Å². The van der Waals surface area contributed by atoms with Gasteiger partial charge in [-0.2, -0.15) is 0 Å². The first-order chi connectivity index (χ1) is 7.47. The number of aliphatic carboxylic acids is 1. The molecular weight excluding hydrogens is 212 g/mol. The lowest BCUT2D eigenvalue weighted by atomic mass is 10.0. The zero-order chi connectivity index (χ0) is 12.3. The summed E-state index contributed by atoms with van der Waals surface area (Å²) < 4.78 is 0. The highest BCUT2D eigenvalue weighted by atomic mass is 16.4. The number of carbonyl (C=O) groups is 2. The number of amides is 2. The molecule has 0 bridgehead atoms. The van der Waals surface area contributed by atoms with E-state index in [0.717, 1.165) is 6.42 Å². The fraction of sp³-hybridized carbons (Fsp3) is 0.800. The van der Waals surface area contributed by atoms with Gasteiger partial charge in [-0.25, -0.2) is 4.79 Å². The van der Waals surface area contributed by atoms with Gasteiger partial charge in [0.1, 0.15) is 6.04 Å². The van der Waals surface area contributed by atoms with E-state index in [4.69, 9.17) is 10.2 Å². The number of urea groups is 1. The molecule has 92 valence electrons. The van der Waals surface area contributed by atoms with Gasteiger partial charge in [0.25, 0.3) is 0 Å². The Morgan fingerprint density at radius 1 is 1.56 bits per heavy atom. The molecule has 6 nitrogen and oxygen atoms in total. The maximum atomic E-state index is 11.7. The third-order valence-corrected chi connectivity index (χ3v) is 3.04. The first-order valence-electron chi connectivity index (χ1n) is 5.38. The third kappa shape index (κ3) is 2.63. The van der Waals surface area contributed by atoms with E-state index in [1.807, 2.05) is 6.92 Å². The maximum Gasteiger partial charge on any atom is 0.325 e.